The Morgan fingerprint density at radius 3 is 3.17 bits per heavy atom. The predicted octanol–water partition coefficient (Wildman–Crippen LogP) is 1.51. The average Bonchev–Trinajstić information content (AvgIpc) is 3.11. The Morgan fingerprint density at radius 2 is 2.39 bits per heavy atom. The number of aromatic nitrogens is 3. The Bertz CT molecular complexity index is 360. The summed E-state index contributed by atoms with van der Waals surface area (Å²) in [6.45, 7) is 6.75. The molecule has 0 aliphatic heterocycles. The SMILES string of the molecule is C=CCCCOCCn1cc(CNC2CC2)nn1. The number of nitrogens with zero attached hydrogens (tertiary/aromatic N) is 3. The molecule has 1 aliphatic carbocycles. The standard InChI is InChI=1S/C13H22N4O/c1-2-3-4-8-18-9-7-17-11-13(15-16-17)10-14-12-5-6-12/h2,11-12,14H,1,3-10H2. The van der Waals surface area contributed by atoms with E-state index in [0.717, 1.165) is 38.2 Å². The molecular formula is C13H22N4O. The first-order valence-electron chi connectivity index (χ1n) is 6.69. The molecule has 1 N–H and O–H groups in total. The molecule has 1 aromatic heterocycles. The number of nitrogens with one attached hydrogen (secondary N) is 1. The lowest BCUT2D eigenvalue weighted by Crippen LogP contribution is -2.15. The monoisotopic (exact) mass is 250 g/mol. The predicted molar refractivity (Wildman–Crippen MR) is 70.1 cm³/mol. The van der Waals surface area contributed by atoms with Gasteiger partial charge in [-0.3, -0.25) is 0 Å². The quantitative estimate of drug-likeness (QED) is 0.505. The van der Waals surface area contributed by atoms with Crippen molar-refractivity contribution in [2.24, 2.45) is 0 Å². The molecule has 5 nitrogen and oxygen atoms in total. The Kier molecular flexibility index (Phi) is 5.36. The van der Waals surface area contributed by atoms with Crippen molar-refractivity contribution < 1.29 is 4.74 Å². The number of unbranched alkanes of at least 4 members (excludes halogenated alkanes) is 1. The topological polar surface area (TPSA) is 52.0 Å². The van der Waals surface area contributed by atoms with E-state index in [1.165, 1.54) is 12.8 Å². The highest BCUT2D eigenvalue weighted by molar-refractivity contribution is 4.94. The van der Waals surface area contributed by atoms with E-state index in [2.05, 4.69) is 22.2 Å². The summed E-state index contributed by atoms with van der Waals surface area (Å²) in [5.41, 5.74) is 1.01. The van der Waals surface area contributed by atoms with Crippen LogP contribution in [0.5, 0.6) is 0 Å². The van der Waals surface area contributed by atoms with Gasteiger partial charge in [-0.2, -0.15) is 0 Å². The van der Waals surface area contributed by atoms with Crippen molar-refractivity contribution in [3.8, 4) is 0 Å². The summed E-state index contributed by atoms with van der Waals surface area (Å²) in [5.74, 6) is 0. The van der Waals surface area contributed by atoms with Gasteiger partial charge in [0.2, 0.25) is 0 Å². The van der Waals surface area contributed by atoms with Gasteiger partial charge in [0.15, 0.2) is 0 Å². The van der Waals surface area contributed by atoms with Crippen LogP contribution in [0, 0.1) is 0 Å². The summed E-state index contributed by atoms with van der Waals surface area (Å²) >= 11 is 0. The Morgan fingerprint density at radius 1 is 1.50 bits per heavy atom. The normalized spacial score (nSPS) is 14.9. The summed E-state index contributed by atoms with van der Waals surface area (Å²) < 4.78 is 7.35. The van der Waals surface area contributed by atoms with Gasteiger partial charge >= 0.3 is 0 Å². The van der Waals surface area contributed by atoms with E-state index in [0.29, 0.717) is 12.6 Å². The zero-order chi connectivity index (χ0) is 12.6. The first-order valence-corrected chi connectivity index (χ1v) is 6.69. The van der Waals surface area contributed by atoms with E-state index >= 15 is 0 Å². The van der Waals surface area contributed by atoms with Gasteiger partial charge in [0.05, 0.1) is 18.8 Å². The smallest absolute Gasteiger partial charge is 0.0964 e. The second-order valence-electron chi connectivity index (χ2n) is 4.67. The van der Waals surface area contributed by atoms with Crippen molar-refractivity contribution in [2.45, 2.75) is 44.8 Å². The second-order valence-corrected chi connectivity index (χ2v) is 4.67. The third-order valence-corrected chi connectivity index (χ3v) is 2.90. The van der Waals surface area contributed by atoms with Crippen LogP contribution in [0.1, 0.15) is 31.4 Å². The highest BCUT2D eigenvalue weighted by atomic mass is 16.5. The molecule has 0 amide bonds. The Balaban J connectivity index is 1.56. The third-order valence-electron chi connectivity index (χ3n) is 2.90. The number of rotatable bonds is 10. The van der Waals surface area contributed by atoms with Crippen LogP contribution in [0.15, 0.2) is 18.9 Å². The maximum Gasteiger partial charge on any atom is 0.0964 e. The first-order chi connectivity index (χ1) is 8.88. The van der Waals surface area contributed by atoms with Crippen LogP contribution in [0.25, 0.3) is 0 Å². The van der Waals surface area contributed by atoms with Gasteiger partial charge in [-0.15, -0.1) is 11.7 Å². The molecule has 0 atom stereocenters. The summed E-state index contributed by atoms with van der Waals surface area (Å²) in [4.78, 5) is 0. The summed E-state index contributed by atoms with van der Waals surface area (Å²) in [6.07, 6.45) is 8.56. The fraction of sp³-hybridized carbons (Fsp3) is 0.692. The highest BCUT2D eigenvalue weighted by Gasteiger charge is 2.20. The Labute approximate surface area is 108 Å². The minimum Gasteiger partial charge on any atom is -0.380 e. The van der Waals surface area contributed by atoms with Gasteiger partial charge in [-0.1, -0.05) is 11.3 Å². The molecule has 1 heterocycles. The molecule has 0 saturated heterocycles. The maximum absolute atomic E-state index is 5.51. The van der Waals surface area contributed by atoms with E-state index in [-0.39, 0.29) is 0 Å². The second kappa shape index (κ2) is 7.28. The minimum absolute atomic E-state index is 0.690. The zero-order valence-corrected chi connectivity index (χ0v) is 10.8. The lowest BCUT2D eigenvalue weighted by Gasteiger charge is -2.02. The van der Waals surface area contributed by atoms with Crippen LogP contribution < -0.4 is 5.32 Å². The van der Waals surface area contributed by atoms with Crippen molar-refractivity contribution in [3.63, 3.8) is 0 Å². The number of hydrogen-bond donors (Lipinski definition) is 1. The molecule has 0 unspecified atom stereocenters. The van der Waals surface area contributed by atoms with E-state index in [1.54, 1.807) is 0 Å². The van der Waals surface area contributed by atoms with E-state index in [1.807, 2.05) is 17.0 Å². The number of ether oxygens (including phenoxy) is 1. The third kappa shape index (κ3) is 4.98. The van der Waals surface area contributed by atoms with Gasteiger partial charge < -0.3 is 10.1 Å². The van der Waals surface area contributed by atoms with Crippen LogP contribution in [0.2, 0.25) is 0 Å². The van der Waals surface area contributed by atoms with Crippen molar-refractivity contribution in [3.05, 3.63) is 24.5 Å². The first kappa shape index (κ1) is 13.2. The maximum atomic E-state index is 5.51. The van der Waals surface area contributed by atoms with Crippen molar-refractivity contribution in [1.29, 1.82) is 0 Å². The molecule has 1 saturated carbocycles. The molecule has 0 radical (unpaired) electrons. The summed E-state index contributed by atoms with van der Waals surface area (Å²) in [7, 11) is 0. The van der Waals surface area contributed by atoms with Gasteiger partial charge in [0.25, 0.3) is 0 Å². The lowest BCUT2D eigenvalue weighted by molar-refractivity contribution is 0.121. The summed E-state index contributed by atoms with van der Waals surface area (Å²) in [5, 5.41) is 11.6. The van der Waals surface area contributed by atoms with Gasteiger partial charge in [-0.05, 0) is 25.7 Å². The Hall–Kier alpha value is -1.20. The van der Waals surface area contributed by atoms with E-state index < -0.39 is 0 Å². The largest absolute Gasteiger partial charge is 0.380 e. The van der Waals surface area contributed by atoms with Crippen molar-refractivity contribution >= 4 is 0 Å². The molecular weight excluding hydrogens is 228 g/mol. The van der Waals surface area contributed by atoms with Crippen LogP contribution >= 0.6 is 0 Å². The average molecular weight is 250 g/mol. The van der Waals surface area contributed by atoms with Gasteiger partial charge in [0, 0.05) is 25.4 Å². The molecule has 1 aliphatic rings. The van der Waals surface area contributed by atoms with E-state index in [9.17, 15) is 0 Å². The summed E-state index contributed by atoms with van der Waals surface area (Å²) in [6, 6.07) is 0.711. The van der Waals surface area contributed by atoms with Crippen LogP contribution in [0.4, 0.5) is 0 Å². The molecule has 0 aromatic carbocycles. The fourth-order valence-electron chi connectivity index (χ4n) is 1.66. The van der Waals surface area contributed by atoms with Crippen LogP contribution in [0.3, 0.4) is 0 Å². The highest BCUT2D eigenvalue weighted by Crippen LogP contribution is 2.18. The van der Waals surface area contributed by atoms with Crippen LogP contribution in [-0.4, -0.2) is 34.2 Å². The van der Waals surface area contributed by atoms with E-state index in [4.69, 9.17) is 4.74 Å². The number of allylic oxidation sites excluding steroid dienone is 1. The van der Waals surface area contributed by atoms with Crippen molar-refractivity contribution in [2.75, 3.05) is 13.2 Å². The molecule has 0 bridgehead atoms. The lowest BCUT2D eigenvalue weighted by atomic mass is 10.3. The van der Waals surface area contributed by atoms with Gasteiger partial charge in [0.1, 0.15) is 0 Å². The number of hydrogen-bond acceptors (Lipinski definition) is 4. The molecule has 1 fully saturated rings. The fourth-order valence-corrected chi connectivity index (χ4v) is 1.66. The molecule has 100 valence electrons. The molecule has 18 heavy (non-hydrogen) atoms. The molecule has 2 rings (SSSR count). The molecule has 0 spiro atoms. The minimum atomic E-state index is 0.690. The van der Waals surface area contributed by atoms with Crippen molar-refractivity contribution in [1.82, 2.24) is 20.3 Å². The zero-order valence-electron chi connectivity index (χ0n) is 10.8. The van der Waals surface area contributed by atoms with Crippen LogP contribution in [-0.2, 0) is 17.8 Å². The molecule has 5 heteroatoms. The molecule has 1 aromatic rings. The van der Waals surface area contributed by atoms with Gasteiger partial charge in [-0.25, -0.2) is 4.68 Å².